The van der Waals surface area contributed by atoms with E-state index in [0.29, 0.717) is 12.4 Å². The zero-order valence-electron chi connectivity index (χ0n) is 13.9. The number of anilines is 1. The van der Waals surface area contributed by atoms with Gasteiger partial charge in [-0.15, -0.1) is 0 Å². The average Bonchev–Trinajstić information content (AvgIpc) is 3.15. The molecule has 0 bridgehead atoms. The van der Waals surface area contributed by atoms with Crippen LogP contribution in [0.3, 0.4) is 0 Å². The largest absolute Gasteiger partial charge is 0.496 e. The molecule has 6 nitrogen and oxygen atoms in total. The number of carbonyl (C=O) groups is 1. The standard InChI is InChI=1S/C18H22N4O2/c1-24-15-7-3-2-6-14(15)12-18(23)20-13-16-19-9-8-17(21-16)22-10-4-5-11-22/h2-3,6-9H,4-5,10-13H2,1H3,(H,20,23). The first-order valence-electron chi connectivity index (χ1n) is 8.22. The van der Waals surface area contributed by atoms with E-state index in [1.807, 2.05) is 30.3 Å². The van der Waals surface area contributed by atoms with Crippen molar-refractivity contribution in [3.63, 3.8) is 0 Å². The number of hydrogen-bond donors (Lipinski definition) is 1. The molecule has 24 heavy (non-hydrogen) atoms. The molecule has 0 radical (unpaired) electrons. The third kappa shape index (κ3) is 4.01. The third-order valence-electron chi connectivity index (χ3n) is 4.11. The highest BCUT2D eigenvalue weighted by atomic mass is 16.5. The van der Waals surface area contributed by atoms with Crippen molar-refractivity contribution < 1.29 is 9.53 Å². The molecule has 1 saturated heterocycles. The van der Waals surface area contributed by atoms with Gasteiger partial charge in [-0.1, -0.05) is 18.2 Å². The first kappa shape index (κ1) is 16.2. The highest BCUT2D eigenvalue weighted by Gasteiger charge is 2.14. The van der Waals surface area contributed by atoms with Crippen molar-refractivity contribution in [1.29, 1.82) is 0 Å². The smallest absolute Gasteiger partial charge is 0.224 e. The summed E-state index contributed by atoms with van der Waals surface area (Å²) in [4.78, 5) is 23.2. The molecule has 1 aromatic carbocycles. The van der Waals surface area contributed by atoms with Gasteiger partial charge in [0.05, 0.1) is 20.1 Å². The van der Waals surface area contributed by atoms with E-state index in [9.17, 15) is 4.79 Å². The van der Waals surface area contributed by atoms with Crippen LogP contribution < -0.4 is 15.0 Å². The van der Waals surface area contributed by atoms with E-state index in [2.05, 4.69) is 20.2 Å². The van der Waals surface area contributed by atoms with E-state index >= 15 is 0 Å². The van der Waals surface area contributed by atoms with E-state index in [1.54, 1.807) is 13.3 Å². The lowest BCUT2D eigenvalue weighted by atomic mass is 10.1. The van der Waals surface area contributed by atoms with Gasteiger partial charge in [0.2, 0.25) is 5.91 Å². The molecule has 1 N–H and O–H groups in total. The van der Waals surface area contributed by atoms with Crippen molar-refractivity contribution in [2.75, 3.05) is 25.1 Å². The summed E-state index contributed by atoms with van der Waals surface area (Å²) in [5.74, 6) is 2.22. The van der Waals surface area contributed by atoms with Crippen molar-refractivity contribution in [3.8, 4) is 5.75 Å². The van der Waals surface area contributed by atoms with E-state index in [4.69, 9.17) is 4.74 Å². The fourth-order valence-electron chi connectivity index (χ4n) is 2.86. The van der Waals surface area contributed by atoms with Crippen molar-refractivity contribution in [1.82, 2.24) is 15.3 Å². The maximum absolute atomic E-state index is 12.2. The molecule has 2 heterocycles. The van der Waals surface area contributed by atoms with Crippen LogP contribution in [0.15, 0.2) is 36.5 Å². The molecule has 0 aliphatic carbocycles. The number of amides is 1. The zero-order chi connectivity index (χ0) is 16.8. The number of nitrogens with one attached hydrogen (secondary N) is 1. The van der Waals surface area contributed by atoms with Gasteiger partial charge >= 0.3 is 0 Å². The highest BCUT2D eigenvalue weighted by Crippen LogP contribution is 2.18. The molecular weight excluding hydrogens is 304 g/mol. The van der Waals surface area contributed by atoms with Crippen molar-refractivity contribution in [2.24, 2.45) is 0 Å². The minimum absolute atomic E-state index is 0.0744. The fraction of sp³-hybridized carbons (Fsp3) is 0.389. The lowest BCUT2D eigenvalue weighted by molar-refractivity contribution is -0.120. The van der Waals surface area contributed by atoms with Crippen LogP contribution in [-0.2, 0) is 17.8 Å². The Hall–Kier alpha value is -2.63. The molecule has 6 heteroatoms. The first-order valence-corrected chi connectivity index (χ1v) is 8.22. The SMILES string of the molecule is COc1ccccc1CC(=O)NCc1nccc(N2CCCC2)n1. The Kier molecular flexibility index (Phi) is 5.25. The summed E-state index contributed by atoms with van der Waals surface area (Å²) in [6.45, 7) is 2.41. The number of carbonyl (C=O) groups excluding carboxylic acids is 1. The molecule has 0 spiro atoms. The molecule has 0 unspecified atom stereocenters. The predicted molar refractivity (Wildman–Crippen MR) is 92.0 cm³/mol. The summed E-state index contributed by atoms with van der Waals surface area (Å²) in [6.07, 6.45) is 4.43. The van der Waals surface area contributed by atoms with Crippen LogP contribution in [0.5, 0.6) is 5.75 Å². The van der Waals surface area contributed by atoms with E-state index in [1.165, 1.54) is 12.8 Å². The molecule has 1 amide bonds. The van der Waals surface area contributed by atoms with Gasteiger partial charge in [-0.2, -0.15) is 0 Å². The molecule has 1 aromatic heterocycles. The van der Waals surface area contributed by atoms with Gasteiger partial charge in [0, 0.05) is 24.8 Å². The van der Waals surface area contributed by atoms with Crippen molar-refractivity contribution in [2.45, 2.75) is 25.8 Å². The fourth-order valence-corrected chi connectivity index (χ4v) is 2.86. The Morgan fingerprint density at radius 1 is 1.25 bits per heavy atom. The molecule has 0 saturated carbocycles. The lowest BCUT2D eigenvalue weighted by Gasteiger charge is -2.16. The minimum atomic E-state index is -0.0744. The molecular formula is C18H22N4O2. The van der Waals surface area contributed by atoms with Crippen LogP contribution in [0.2, 0.25) is 0 Å². The topological polar surface area (TPSA) is 67.3 Å². The molecule has 0 atom stereocenters. The Labute approximate surface area is 141 Å². The lowest BCUT2D eigenvalue weighted by Crippen LogP contribution is -2.26. The van der Waals surface area contributed by atoms with Gasteiger partial charge in [-0.05, 0) is 25.0 Å². The van der Waals surface area contributed by atoms with E-state index in [0.717, 1.165) is 30.2 Å². The predicted octanol–water partition coefficient (Wildman–Crippen LogP) is 1.94. The van der Waals surface area contributed by atoms with Gasteiger partial charge in [0.1, 0.15) is 17.4 Å². The van der Waals surface area contributed by atoms with Gasteiger partial charge < -0.3 is 15.0 Å². The van der Waals surface area contributed by atoms with Gasteiger partial charge in [0.15, 0.2) is 0 Å². The van der Waals surface area contributed by atoms with E-state index < -0.39 is 0 Å². The van der Waals surface area contributed by atoms with Gasteiger partial charge in [-0.3, -0.25) is 4.79 Å². The maximum atomic E-state index is 12.2. The van der Waals surface area contributed by atoms with Crippen LogP contribution in [-0.4, -0.2) is 36.1 Å². The number of methoxy groups -OCH3 is 1. The second-order valence-electron chi connectivity index (χ2n) is 5.79. The second kappa shape index (κ2) is 7.77. The minimum Gasteiger partial charge on any atom is -0.496 e. The highest BCUT2D eigenvalue weighted by molar-refractivity contribution is 5.79. The summed E-state index contributed by atoms with van der Waals surface area (Å²) >= 11 is 0. The maximum Gasteiger partial charge on any atom is 0.224 e. The zero-order valence-corrected chi connectivity index (χ0v) is 13.9. The quantitative estimate of drug-likeness (QED) is 0.879. The normalized spacial score (nSPS) is 13.8. The van der Waals surface area contributed by atoms with Crippen molar-refractivity contribution in [3.05, 3.63) is 47.9 Å². The second-order valence-corrected chi connectivity index (χ2v) is 5.79. The molecule has 3 rings (SSSR count). The number of nitrogens with zero attached hydrogens (tertiary/aromatic N) is 3. The number of para-hydroxylation sites is 1. The van der Waals surface area contributed by atoms with Crippen LogP contribution in [0.25, 0.3) is 0 Å². The first-order chi connectivity index (χ1) is 11.8. The molecule has 126 valence electrons. The van der Waals surface area contributed by atoms with Crippen LogP contribution in [0.1, 0.15) is 24.2 Å². The van der Waals surface area contributed by atoms with Crippen molar-refractivity contribution >= 4 is 11.7 Å². The van der Waals surface area contributed by atoms with Gasteiger partial charge in [-0.25, -0.2) is 9.97 Å². The summed E-state index contributed by atoms with van der Waals surface area (Å²) in [7, 11) is 1.61. The van der Waals surface area contributed by atoms with E-state index in [-0.39, 0.29) is 12.3 Å². The van der Waals surface area contributed by atoms with Crippen LogP contribution in [0.4, 0.5) is 5.82 Å². The average molecular weight is 326 g/mol. The Balaban J connectivity index is 1.57. The summed E-state index contributed by atoms with van der Waals surface area (Å²) in [6, 6.07) is 9.45. The molecule has 1 fully saturated rings. The monoisotopic (exact) mass is 326 g/mol. The summed E-state index contributed by atoms with van der Waals surface area (Å²) in [5, 5.41) is 2.88. The number of aromatic nitrogens is 2. The summed E-state index contributed by atoms with van der Waals surface area (Å²) < 4.78 is 5.27. The number of rotatable bonds is 6. The van der Waals surface area contributed by atoms with Crippen LogP contribution >= 0.6 is 0 Å². The molecule has 1 aliphatic heterocycles. The number of hydrogen-bond acceptors (Lipinski definition) is 5. The Morgan fingerprint density at radius 2 is 2.04 bits per heavy atom. The van der Waals surface area contributed by atoms with Crippen LogP contribution in [0, 0.1) is 0 Å². The Morgan fingerprint density at radius 3 is 2.83 bits per heavy atom. The molecule has 1 aliphatic rings. The molecule has 2 aromatic rings. The number of ether oxygens (including phenoxy) is 1. The summed E-state index contributed by atoms with van der Waals surface area (Å²) in [5.41, 5.74) is 0.865. The van der Waals surface area contributed by atoms with Gasteiger partial charge in [0.25, 0.3) is 0 Å². The Bertz CT molecular complexity index is 699. The number of benzene rings is 1. The third-order valence-corrected chi connectivity index (χ3v) is 4.11.